The van der Waals surface area contributed by atoms with Crippen LogP contribution in [0.25, 0.3) is 0 Å². The molecule has 0 amide bonds. The zero-order chi connectivity index (χ0) is 20.1. The third kappa shape index (κ3) is 5.63. The molecule has 0 saturated carbocycles. The van der Waals surface area contributed by atoms with Crippen LogP contribution in [0.2, 0.25) is 0 Å². The number of ether oxygens (including phenoxy) is 1. The molecule has 1 aromatic rings. The molecule has 2 N–H and O–H groups in total. The average Bonchev–Trinajstić information content (AvgIpc) is 2.64. The SMILES string of the molecule is CN=C(NCC1CCCN(CC(C)C)C1)NC1CC(C)(C)Oc2ccccc21. The average molecular weight is 387 g/mol. The first-order valence-corrected chi connectivity index (χ1v) is 10.8. The third-order valence-corrected chi connectivity index (χ3v) is 5.70. The van der Waals surface area contributed by atoms with E-state index >= 15 is 0 Å². The van der Waals surface area contributed by atoms with Crippen LogP contribution in [-0.4, -0.2) is 49.7 Å². The normalized spacial score (nSPS) is 25.1. The van der Waals surface area contributed by atoms with Gasteiger partial charge in [0.05, 0.1) is 6.04 Å². The number of para-hydroxylation sites is 1. The summed E-state index contributed by atoms with van der Waals surface area (Å²) < 4.78 is 6.16. The Morgan fingerprint density at radius 2 is 2.11 bits per heavy atom. The highest BCUT2D eigenvalue weighted by molar-refractivity contribution is 5.80. The second-order valence-corrected chi connectivity index (χ2v) is 9.42. The predicted octanol–water partition coefficient (Wildman–Crippen LogP) is 3.82. The lowest BCUT2D eigenvalue weighted by Crippen LogP contribution is -2.48. The number of aliphatic imine (C=N–C) groups is 1. The van der Waals surface area contributed by atoms with Crippen molar-refractivity contribution in [1.29, 1.82) is 0 Å². The van der Waals surface area contributed by atoms with Crippen molar-refractivity contribution in [2.45, 2.75) is 58.6 Å². The quantitative estimate of drug-likeness (QED) is 0.597. The Labute approximate surface area is 170 Å². The summed E-state index contributed by atoms with van der Waals surface area (Å²) in [6.07, 6.45) is 3.51. The molecule has 2 unspecified atom stereocenters. The highest BCUT2D eigenvalue weighted by atomic mass is 16.5. The summed E-state index contributed by atoms with van der Waals surface area (Å²) in [7, 11) is 1.86. The van der Waals surface area contributed by atoms with E-state index in [1.807, 2.05) is 13.1 Å². The lowest BCUT2D eigenvalue weighted by molar-refractivity contribution is 0.0693. The molecule has 156 valence electrons. The van der Waals surface area contributed by atoms with Gasteiger partial charge in [0.25, 0.3) is 0 Å². The van der Waals surface area contributed by atoms with E-state index in [4.69, 9.17) is 4.74 Å². The minimum absolute atomic E-state index is 0.189. The number of piperidine rings is 1. The van der Waals surface area contributed by atoms with Crippen molar-refractivity contribution in [3.05, 3.63) is 29.8 Å². The first-order valence-electron chi connectivity index (χ1n) is 10.8. The van der Waals surface area contributed by atoms with Crippen molar-refractivity contribution in [2.24, 2.45) is 16.8 Å². The molecule has 0 radical (unpaired) electrons. The Hall–Kier alpha value is -1.75. The molecule has 1 aromatic carbocycles. The maximum atomic E-state index is 6.16. The summed E-state index contributed by atoms with van der Waals surface area (Å²) in [5.41, 5.74) is 1.02. The van der Waals surface area contributed by atoms with Crippen LogP contribution in [0, 0.1) is 11.8 Å². The van der Waals surface area contributed by atoms with Crippen LogP contribution >= 0.6 is 0 Å². The summed E-state index contributed by atoms with van der Waals surface area (Å²) in [5, 5.41) is 7.24. The third-order valence-electron chi connectivity index (χ3n) is 5.70. The van der Waals surface area contributed by atoms with Crippen LogP contribution in [0.15, 0.2) is 29.3 Å². The number of benzene rings is 1. The maximum Gasteiger partial charge on any atom is 0.191 e. The van der Waals surface area contributed by atoms with E-state index in [1.165, 1.54) is 38.0 Å². The molecule has 0 bridgehead atoms. The van der Waals surface area contributed by atoms with E-state index in [2.05, 4.69) is 66.4 Å². The van der Waals surface area contributed by atoms with E-state index in [9.17, 15) is 0 Å². The Morgan fingerprint density at radius 1 is 1.32 bits per heavy atom. The number of rotatable bonds is 5. The summed E-state index contributed by atoms with van der Waals surface area (Å²) in [6, 6.07) is 8.54. The molecule has 2 aliphatic heterocycles. The molecule has 2 atom stereocenters. The van der Waals surface area contributed by atoms with Gasteiger partial charge in [0.15, 0.2) is 5.96 Å². The van der Waals surface area contributed by atoms with Gasteiger partial charge >= 0.3 is 0 Å². The van der Waals surface area contributed by atoms with Gasteiger partial charge in [-0.15, -0.1) is 0 Å². The van der Waals surface area contributed by atoms with Crippen molar-refractivity contribution in [1.82, 2.24) is 15.5 Å². The zero-order valence-corrected chi connectivity index (χ0v) is 18.3. The molecule has 1 saturated heterocycles. The van der Waals surface area contributed by atoms with Crippen molar-refractivity contribution >= 4 is 5.96 Å². The molecule has 5 heteroatoms. The number of nitrogens with one attached hydrogen (secondary N) is 2. The highest BCUT2D eigenvalue weighted by Crippen LogP contribution is 2.39. The fourth-order valence-corrected chi connectivity index (χ4v) is 4.53. The van der Waals surface area contributed by atoms with Gasteiger partial charge in [-0.05, 0) is 51.1 Å². The molecule has 0 aliphatic carbocycles. The first kappa shape index (κ1) is 21.0. The van der Waals surface area contributed by atoms with Gasteiger partial charge in [-0.3, -0.25) is 4.99 Å². The lowest BCUT2D eigenvalue weighted by Gasteiger charge is -2.38. The van der Waals surface area contributed by atoms with Crippen LogP contribution in [0.4, 0.5) is 0 Å². The minimum atomic E-state index is -0.189. The van der Waals surface area contributed by atoms with Gasteiger partial charge in [-0.2, -0.15) is 0 Å². The van der Waals surface area contributed by atoms with Gasteiger partial charge in [-0.25, -0.2) is 0 Å². The van der Waals surface area contributed by atoms with Crippen molar-refractivity contribution < 1.29 is 4.74 Å². The smallest absolute Gasteiger partial charge is 0.191 e. The highest BCUT2D eigenvalue weighted by Gasteiger charge is 2.34. The van der Waals surface area contributed by atoms with Crippen LogP contribution in [0.1, 0.15) is 58.6 Å². The molecule has 3 rings (SSSR count). The summed E-state index contributed by atoms with van der Waals surface area (Å²) in [6.45, 7) is 13.5. The van der Waals surface area contributed by atoms with Gasteiger partial charge in [0.1, 0.15) is 11.4 Å². The second-order valence-electron chi connectivity index (χ2n) is 9.42. The molecule has 1 fully saturated rings. The van der Waals surface area contributed by atoms with Crippen LogP contribution in [0.5, 0.6) is 5.75 Å². The topological polar surface area (TPSA) is 48.9 Å². The number of nitrogens with zero attached hydrogens (tertiary/aromatic N) is 2. The Morgan fingerprint density at radius 3 is 2.86 bits per heavy atom. The fraction of sp³-hybridized carbons (Fsp3) is 0.696. The number of fused-ring (bicyclic) bond motifs is 1. The van der Waals surface area contributed by atoms with E-state index in [1.54, 1.807) is 0 Å². The molecule has 2 heterocycles. The molecule has 2 aliphatic rings. The Bertz CT molecular complexity index is 670. The number of likely N-dealkylation sites (tertiary alicyclic amines) is 1. The zero-order valence-electron chi connectivity index (χ0n) is 18.3. The van der Waals surface area contributed by atoms with Crippen LogP contribution < -0.4 is 15.4 Å². The van der Waals surface area contributed by atoms with Crippen molar-refractivity contribution in [3.63, 3.8) is 0 Å². The second kappa shape index (κ2) is 9.17. The van der Waals surface area contributed by atoms with Gasteiger partial charge < -0.3 is 20.3 Å². The summed E-state index contributed by atoms with van der Waals surface area (Å²) >= 11 is 0. The predicted molar refractivity (Wildman–Crippen MR) is 117 cm³/mol. The summed E-state index contributed by atoms with van der Waals surface area (Å²) in [5.74, 6) is 3.28. The molecule has 0 aromatic heterocycles. The monoisotopic (exact) mass is 386 g/mol. The van der Waals surface area contributed by atoms with Gasteiger partial charge in [0.2, 0.25) is 0 Å². The molecule has 5 nitrogen and oxygen atoms in total. The standard InChI is InChI=1S/C23H38N4O/c1-17(2)15-27-12-8-9-18(16-27)14-25-22(24-5)26-20-13-23(3,4)28-21-11-7-6-10-19(20)21/h6-7,10-11,17-18,20H,8-9,12-16H2,1-5H3,(H2,24,25,26). The fourth-order valence-electron chi connectivity index (χ4n) is 4.53. The maximum absolute atomic E-state index is 6.16. The van der Waals surface area contributed by atoms with E-state index < -0.39 is 0 Å². The number of hydrogen-bond acceptors (Lipinski definition) is 3. The number of guanidine groups is 1. The van der Waals surface area contributed by atoms with Crippen LogP contribution in [-0.2, 0) is 0 Å². The van der Waals surface area contributed by atoms with Crippen LogP contribution in [0.3, 0.4) is 0 Å². The molecular formula is C23H38N4O. The summed E-state index contributed by atoms with van der Waals surface area (Å²) in [4.78, 5) is 7.11. The van der Waals surface area contributed by atoms with Gasteiger partial charge in [-0.1, -0.05) is 32.0 Å². The van der Waals surface area contributed by atoms with E-state index in [0.29, 0.717) is 5.92 Å². The Balaban J connectivity index is 1.58. The first-order chi connectivity index (χ1) is 13.4. The molecular weight excluding hydrogens is 348 g/mol. The minimum Gasteiger partial charge on any atom is -0.487 e. The van der Waals surface area contributed by atoms with E-state index in [-0.39, 0.29) is 11.6 Å². The van der Waals surface area contributed by atoms with Gasteiger partial charge in [0, 0.05) is 38.7 Å². The van der Waals surface area contributed by atoms with Crippen molar-refractivity contribution in [2.75, 3.05) is 33.2 Å². The Kier molecular flexibility index (Phi) is 6.86. The van der Waals surface area contributed by atoms with E-state index in [0.717, 1.165) is 30.6 Å². The van der Waals surface area contributed by atoms with Crippen molar-refractivity contribution in [3.8, 4) is 5.75 Å². The molecule has 0 spiro atoms. The lowest BCUT2D eigenvalue weighted by atomic mass is 9.90. The number of hydrogen-bond donors (Lipinski definition) is 2. The molecule has 28 heavy (non-hydrogen) atoms. The largest absolute Gasteiger partial charge is 0.487 e.